The second-order valence-corrected chi connectivity index (χ2v) is 9.72. The lowest BCUT2D eigenvalue weighted by molar-refractivity contribution is -0.136. The van der Waals surface area contributed by atoms with Gasteiger partial charge in [-0.1, -0.05) is 62.3 Å². The van der Waals surface area contributed by atoms with E-state index in [1.807, 2.05) is 41.5 Å². The summed E-state index contributed by atoms with van der Waals surface area (Å²) in [5, 5.41) is 0. The quantitative estimate of drug-likeness (QED) is 0.661. The Morgan fingerprint density at radius 2 is 0.950 bits per heavy atom. The van der Waals surface area contributed by atoms with Gasteiger partial charge in [-0.2, -0.15) is 0 Å². The Morgan fingerprint density at radius 1 is 0.650 bits per heavy atom. The van der Waals surface area contributed by atoms with Gasteiger partial charge in [0.2, 0.25) is 0 Å². The molecular weight excluding hydrogens is 248 g/mol. The molecule has 2 nitrogen and oxygen atoms in total. The zero-order valence-electron chi connectivity index (χ0n) is 15.0. The zero-order valence-corrected chi connectivity index (χ0v) is 15.0. The molecule has 0 unspecified atom stereocenters. The van der Waals surface area contributed by atoms with Gasteiger partial charge in [-0.05, 0) is 22.7 Å². The standard InChI is InChI=1S/C18H34O2/c1-16(2,3)10-13(14(19)11-17(4,5)6)15(20)12-18(7,8)9/h13H,10-12H2,1-9H3. The summed E-state index contributed by atoms with van der Waals surface area (Å²) in [6.45, 7) is 18.6. The van der Waals surface area contributed by atoms with Crippen LogP contribution >= 0.6 is 0 Å². The molecule has 0 saturated carbocycles. The van der Waals surface area contributed by atoms with Crippen molar-refractivity contribution in [1.29, 1.82) is 0 Å². The maximum absolute atomic E-state index is 12.5. The first kappa shape index (κ1) is 19.3. The average molecular weight is 282 g/mol. The van der Waals surface area contributed by atoms with Crippen molar-refractivity contribution in [3.63, 3.8) is 0 Å². The van der Waals surface area contributed by atoms with Crippen LogP contribution in [0, 0.1) is 22.2 Å². The maximum atomic E-state index is 12.5. The highest BCUT2D eigenvalue weighted by Crippen LogP contribution is 2.32. The molecule has 0 heterocycles. The van der Waals surface area contributed by atoms with Crippen LogP contribution in [0.4, 0.5) is 0 Å². The second-order valence-electron chi connectivity index (χ2n) is 9.72. The smallest absolute Gasteiger partial charge is 0.143 e. The van der Waals surface area contributed by atoms with Gasteiger partial charge in [0.15, 0.2) is 0 Å². The van der Waals surface area contributed by atoms with Gasteiger partial charge in [-0.15, -0.1) is 0 Å². The number of Topliss-reactive ketones (excluding diaryl/α,β-unsaturated/α-hetero) is 2. The number of carbonyl (C=O) groups is 2. The van der Waals surface area contributed by atoms with Crippen LogP contribution in [-0.4, -0.2) is 11.6 Å². The number of carbonyl (C=O) groups excluding carboxylic acids is 2. The van der Waals surface area contributed by atoms with Gasteiger partial charge in [-0.25, -0.2) is 0 Å². The fourth-order valence-corrected chi connectivity index (χ4v) is 2.31. The van der Waals surface area contributed by atoms with Crippen molar-refractivity contribution in [3.05, 3.63) is 0 Å². The van der Waals surface area contributed by atoms with E-state index in [2.05, 4.69) is 20.8 Å². The van der Waals surface area contributed by atoms with E-state index in [1.54, 1.807) is 0 Å². The topological polar surface area (TPSA) is 34.1 Å². The van der Waals surface area contributed by atoms with Crippen LogP contribution in [0.25, 0.3) is 0 Å². The molecule has 0 saturated heterocycles. The molecule has 0 fully saturated rings. The van der Waals surface area contributed by atoms with Gasteiger partial charge in [0.25, 0.3) is 0 Å². The minimum absolute atomic E-state index is 0.00818. The van der Waals surface area contributed by atoms with Crippen molar-refractivity contribution in [1.82, 2.24) is 0 Å². The lowest BCUT2D eigenvalue weighted by Crippen LogP contribution is -2.33. The summed E-state index contributed by atoms with van der Waals surface area (Å²) in [4.78, 5) is 25.1. The molecule has 118 valence electrons. The van der Waals surface area contributed by atoms with Crippen LogP contribution in [0.15, 0.2) is 0 Å². The highest BCUT2D eigenvalue weighted by molar-refractivity contribution is 6.02. The average Bonchev–Trinajstić information content (AvgIpc) is 2.06. The van der Waals surface area contributed by atoms with Gasteiger partial charge in [0.1, 0.15) is 11.6 Å². The lowest BCUT2D eigenvalue weighted by atomic mass is 9.74. The van der Waals surface area contributed by atoms with Crippen LogP contribution in [0.5, 0.6) is 0 Å². The van der Waals surface area contributed by atoms with Gasteiger partial charge in [0.05, 0.1) is 5.92 Å². The Kier molecular flexibility index (Phi) is 6.19. The summed E-state index contributed by atoms with van der Waals surface area (Å²) in [6, 6.07) is 0. The molecule has 0 amide bonds. The molecular formula is C18H34O2. The van der Waals surface area contributed by atoms with Crippen molar-refractivity contribution in [2.75, 3.05) is 0 Å². The van der Waals surface area contributed by atoms with Crippen molar-refractivity contribution in [3.8, 4) is 0 Å². The first-order valence-electron chi connectivity index (χ1n) is 7.66. The molecule has 0 aliphatic carbocycles. The summed E-state index contributed by atoms with van der Waals surface area (Å²) in [6.07, 6.45) is 1.60. The Labute approximate surface area is 125 Å². The maximum Gasteiger partial charge on any atom is 0.143 e. The molecule has 0 aromatic carbocycles. The summed E-state index contributed by atoms with van der Waals surface area (Å²) < 4.78 is 0. The molecule has 0 atom stereocenters. The van der Waals surface area contributed by atoms with Crippen LogP contribution in [0.2, 0.25) is 0 Å². The molecule has 0 aromatic heterocycles. The van der Waals surface area contributed by atoms with E-state index in [0.29, 0.717) is 19.3 Å². The number of ketones is 2. The third kappa shape index (κ3) is 9.28. The van der Waals surface area contributed by atoms with E-state index in [0.717, 1.165) is 0 Å². The molecule has 20 heavy (non-hydrogen) atoms. The van der Waals surface area contributed by atoms with Crippen molar-refractivity contribution < 1.29 is 9.59 Å². The third-order valence-electron chi connectivity index (χ3n) is 3.00. The second kappa shape index (κ2) is 6.41. The third-order valence-corrected chi connectivity index (χ3v) is 3.00. The number of rotatable bonds is 5. The molecule has 0 aromatic rings. The van der Waals surface area contributed by atoms with E-state index in [4.69, 9.17) is 0 Å². The molecule has 0 aliphatic rings. The summed E-state index contributed by atoms with van der Waals surface area (Å²) in [5.41, 5.74) is -0.129. The van der Waals surface area contributed by atoms with E-state index in [9.17, 15) is 9.59 Å². The largest absolute Gasteiger partial charge is 0.299 e. The highest BCUT2D eigenvalue weighted by Gasteiger charge is 2.34. The Hall–Kier alpha value is -0.660. The van der Waals surface area contributed by atoms with Crippen LogP contribution in [0.1, 0.15) is 81.6 Å². The monoisotopic (exact) mass is 282 g/mol. The van der Waals surface area contributed by atoms with E-state index in [-0.39, 0.29) is 27.8 Å². The Bertz CT molecular complexity index is 317. The van der Waals surface area contributed by atoms with Crippen molar-refractivity contribution >= 4 is 11.6 Å². The highest BCUT2D eigenvalue weighted by atomic mass is 16.1. The molecule has 0 radical (unpaired) electrons. The Balaban J connectivity index is 5.09. The molecule has 2 heteroatoms. The van der Waals surface area contributed by atoms with Crippen LogP contribution in [0.3, 0.4) is 0 Å². The fourth-order valence-electron chi connectivity index (χ4n) is 2.31. The molecule has 0 spiro atoms. The van der Waals surface area contributed by atoms with Gasteiger partial charge < -0.3 is 0 Å². The van der Waals surface area contributed by atoms with Crippen molar-refractivity contribution in [2.24, 2.45) is 22.2 Å². The van der Waals surface area contributed by atoms with Gasteiger partial charge in [-0.3, -0.25) is 9.59 Å². The molecule has 0 rings (SSSR count). The molecule has 0 N–H and O–H groups in total. The van der Waals surface area contributed by atoms with Gasteiger partial charge >= 0.3 is 0 Å². The minimum Gasteiger partial charge on any atom is -0.299 e. The van der Waals surface area contributed by atoms with Crippen molar-refractivity contribution in [2.45, 2.75) is 81.6 Å². The Morgan fingerprint density at radius 3 is 1.15 bits per heavy atom. The zero-order chi connectivity index (χ0) is 16.4. The lowest BCUT2D eigenvalue weighted by Gasteiger charge is -2.28. The predicted octanol–water partition coefficient (Wildman–Crippen LogP) is 5.05. The molecule has 0 bridgehead atoms. The minimum atomic E-state index is -0.437. The van der Waals surface area contributed by atoms with Gasteiger partial charge in [0, 0.05) is 12.8 Å². The number of hydrogen-bond donors (Lipinski definition) is 0. The van der Waals surface area contributed by atoms with E-state index < -0.39 is 5.92 Å². The summed E-state index contributed by atoms with van der Waals surface area (Å²) in [7, 11) is 0. The number of hydrogen-bond acceptors (Lipinski definition) is 2. The first-order valence-corrected chi connectivity index (χ1v) is 7.66. The van der Waals surface area contributed by atoms with E-state index in [1.165, 1.54) is 0 Å². The first-order chi connectivity index (χ1) is 8.61. The summed E-state index contributed by atoms with van der Waals surface area (Å²) in [5.74, 6) is -0.211. The molecule has 0 aliphatic heterocycles. The van der Waals surface area contributed by atoms with E-state index >= 15 is 0 Å². The normalized spacial score (nSPS) is 13.7. The van der Waals surface area contributed by atoms with Crippen LogP contribution < -0.4 is 0 Å². The summed E-state index contributed by atoms with van der Waals surface area (Å²) >= 11 is 0. The SMILES string of the molecule is CC(C)(C)CC(=O)C(CC(C)(C)C)C(=O)CC(C)(C)C. The fraction of sp³-hybridized carbons (Fsp3) is 0.889. The van der Waals surface area contributed by atoms with Crippen LogP contribution in [-0.2, 0) is 9.59 Å². The predicted molar refractivity (Wildman–Crippen MR) is 85.7 cm³/mol.